The van der Waals surface area contributed by atoms with Gasteiger partial charge in [-0.3, -0.25) is 10.1 Å². The Bertz CT molecular complexity index is 567. The van der Waals surface area contributed by atoms with Gasteiger partial charge in [0.1, 0.15) is 5.69 Å². The van der Waals surface area contributed by atoms with Crippen LogP contribution in [0.4, 0.5) is 11.4 Å². The summed E-state index contributed by atoms with van der Waals surface area (Å²) in [6, 6.07) is 4.90. The van der Waals surface area contributed by atoms with Gasteiger partial charge >= 0.3 is 0 Å². The lowest BCUT2D eigenvalue weighted by Gasteiger charge is -2.26. The lowest BCUT2D eigenvalue weighted by atomic mass is 9.93. The molecule has 0 bridgehead atoms. The number of nitrogens with one attached hydrogen (secondary N) is 2. The summed E-state index contributed by atoms with van der Waals surface area (Å²) in [5.41, 5.74) is 0.673. The number of hydrogen-bond donors (Lipinski definition) is 2. The summed E-state index contributed by atoms with van der Waals surface area (Å²) in [6.07, 6.45) is 0. The lowest BCUT2D eigenvalue weighted by Crippen LogP contribution is -2.35. The van der Waals surface area contributed by atoms with Crippen molar-refractivity contribution in [1.29, 1.82) is 5.26 Å². The van der Waals surface area contributed by atoms with E-state index in [9.17, 15) is 10.1 Å². The molecule has 1 rings (SSSR count). The van der Waals surface area contributed by atoms with Crippen molar-refractivity contribution in [3.8, 4) is 6.07 Å². The summed E-state index contributed by atoms with van der Waals surface area (Å²) < 4.78 is 0.678. The van der Waals surface area contributed by atoms with Crippen molar-refractivity contribution in [3.05, 3.63) is 31.4 Å². The molecular weight excluding hydrogens is 383 g/mol. The van der Waals surface area contributed by atoms with Gasteiger partial charge in [-0.1, -0.05) is 20.8 Å². The van der Waals surface area contributed by atoms with Crippen molar-refractivity contribution in [2.75, 3.05) is 25.0 Å². The fraction of sp³-hybridized carbons (Fsp3) is 0.500. The van der Waals surface area contributed by atoms with Crippen molar-refractivity contribution in [2.45, 2.75) is 20.8 Å². The van der Waals surface area contributed by atoms with E-state index in [0.717, 1.165) is 13.1 Å². The molecular formula is C14H19IN4O2. The molecule has 6 nitrogen and oxygen atoms in total. The smallest absolute Gasteiger partial charge is 0.294 e. The maximum atomic E-state index is 11.2. The van der Waals surface area contributed by atoms with Gasteiger partial charge in [0.15, 0.2) is 0 Å². The van der Waals surface area contributed by atoms with Gasteiger partial charge in [-0.15, -0.1) is 0 Å². The minimum atomic E-state index is -0.456. The number of hydrogen-bond acceptors (Lipinski definition) is 5. The molecule has 0 aliphatic rings. The number of benzene rings is 1. The van der Waals surface area contributed by atoms with E-state index < -0.39 is 4.92 Å². The zero-order valence-electron chi connectivity index (χ0n) is 12.4. The van der Waals surface area contributed by atoms with Gasteiger partial charge < -0.3 is 10.6 Å². The molecule has 0 heterocycles. The number of halogens is 1. The molecule has 0 aromatic heterocycles. The number of nitro benzene ring substituents is 1. The second-order valence-electron chi connectivity index (χ2n) is 5.52. The van der Waals surface area contributed by atoms with E-state index >= 15 is 0 Å². The third kappa shape index (κ3) is 5.13. The number of nitro groups is 1. The van der Waals surface area contributed by atoms with Crippen LogP contribution in [0.5, 0.6) is 0 Å². The largest absolute Gasteiger partial charge is 0.378 e. The average molecular weight is 402 g/mol. The molecule has 0 saturated carbocycles. The highest BCUT2D eigenvalue weighted by Gasteiger charge is 2.22. The van der Waals surface area contributed by atoms with Crippen molar-refractivity contribution in [1.82, 2.24) is 5.32 Å². The maximum Gasteiger partial charge on any atom is 0.294 e. The van der Waals surface area contributed by atoms with Crippen LogP contribution >= 0.6 is 22.6 Å². The van der Waals surface area contributed by atoms with Crippen LogP contribution in [0.1, 0.15) is 26.3 Å². The summed E-state index contributed by atoms with van der Waals surface area (Å²) in [7, 11) is 0. The summed E-state index contributed by atoms with van der Waals surface area (Å²) in [4.78, 5) is 10.7. The first-order valence-electron chi connectivity index (χ1n) is 6.63. The molecule has 21 heavy (non-hydrogen) atoms. The minimum Gasteiger partial charge on any atom is -0.378 e. The summed E-state index contributed by atoms with van der Waals surface area (Å²) in [5.74, 6) is 0. The molecule has 0 fully saturated rings. The molecule has 1 aromatic rings. The fourth-order valence-electron chi connectivity index (χ4n) is 1.83. The van der Waals surface area contributed by atoms with E-state index in [1.54, 1.807) is 6.07 Å². The molecule has 114 valence electrons. The van der Waals surface area contributed by atoms with Gasteiger partial charge in [0.05, 0.1) is 16.6 Å². The number of anilines is 1. The van der Waals surface area contributed by atoms with Crippen LogP contribution in [0.25, 0.3) is 0 Å². The first kappa shape index (κ1) is 17.7. The number of rotatable bonds is 7. The summed E-state index contributed by atoms with van der Waals surface area (Å²) in [6.45, 7) is 8.52. The normalized spacial score (nSPS) is 11.0. The molecule has 0 saturated heterocycles. The number of nitrogens with zero attached hydrogens (tertiary/aromatic N) is 2. The average Bonchev–Trinajstić information content (AvgIpc) is 2.42. The Morgan fingerprint density at radius 3 is 2.62 bits per heavy atom. The molecule has 0 amide bonds. The second-order valence-corrected chi connectivity index (χ2v) is 6.68. The van der Waals surface area contributed by atoms with Crippen molar-refractivity contribution in [3.63, 3.8) is 0 Å². The molecule has 0 aliphatic carbocycles. The third-order valence-corrected chi connectivity index (χ3v) is 3.84. The molecule has 7 heteroatoms. The molecule has 0 aliphatic heterocycles. The predicted octanol–water partition coefficient (Wildman–Crippen LogP) is 3.12. The topological polar surface area (TPSA) is 91.0 Å². The maximum absolute atomic E-state index is 11.2. The molecule has 0 radical (unpaired) electrons. The van der Waals surface area contributed by atoms with E-state index in [2.05, 4.69) is 24.5 Å². The molecule has 2 N–H and O–H groups in total. The van der Waals surface area contributed by atoms with Crippen LogP contribution in [-0.4, -0.2) is 24.6 Å². The van der Waals surface area contributed by atoms with Crippen LogP contribution in [0.3, 0.4) is 0 Å². The van der Waals surface area contributed by atoms with Crippen LogP contribution in [0, 0.1) is 30.4 Å². The zero-order valence-corrected chi connectivity index (χ0v) is 14.5. The van der Waals surface area contributed by atoms with Crippen LogP contribution in [0.15, 0.2) is 12.1 Å². The van der Waals surface area contributed by atoms with Crippen molar-refractivity contribution in [2.24, 2.45) is 5.41 Å². The van der Waals surface area contributed by atoms with Crippen LogP contribution in [0.2, 0.25) is 0 Å². The van der Waals surface area contributed by atoms with Gasteiger partial charge in [0.2, 0.25) is 0 Å². The predicted molar refractivity (Wildman–Crippen MR) is 91.3 cm³/mol. The Hall–Kier alpha value is -1.40. The van der Waals surface area contributed by atoms with E-state index in [1.165, 1.54) is 6.07 Å². The summed E-state index contributed by atoms with van der Waals surface area (Å²) in [5, 5.41) is 26.5. The van der Waals surface area contributed by atoms with Crippen molar-refractivity contribution >= 4 is 34.0 Å². The molecule has 0 unspecified atom stereocenters. The monoisotopic (exact) mass is 402 g/mol. The van der Waals surface area contributed by atoms with Gasteiger partial charge in [-0.2, -0.15) is 5.26 Å². The SMILES string of the molecule is CCNCC(C)(C)CNc1c(I)cc(C#N)cc1[N+](=O)[O-]. The van der Waals surface area contributed by atoms with Gasteiger partial charge in [0.25, 0.3) is 5.69 Å². The Balaban J connectivity index is 2.98. The van der Waals surface area contributed by atoms with E-state index in [0.29, 0.717) is 21.4 Å². The fourth-order valence-corrected chi connectivity index (χ4v) is 2.63. The van der Waals surface area contributed by atoms with Crippen LogP contribution < -0.4 is 10.6 Å². The first-order chi connectivity index (χ1) is 9.80. The quantitative estimate of drug-likeness (QED) is 0.416. The second kappa shape index (κ2) is 7.56. The number of nitriles is 1. The third-order valence-electron chi connectivity index (χ3n) is 2.99. The van der Waals surface area contributed by atoms with Gasteiger partial charge in [0, 0.05) is 22.7 Å². The Labute approximate surface area is 138 Å². The molecule has 0 atom stereocenters. The van der Waals surface area contributed by atoms with E-state index in [1.807, 2.05) is 35.6 Å². The first-order valence-corrected chi connectivity index (χ1v) is 7.71. The lowest BCUT2D eigenvalue weighted by molar-refractivity contribution is -0.384. The zero-order chi connectivity index (χ0) is 16.0. The van der Waals surface area contributed by atoms with Gasteiger partial charge in [-0.05, 0) is 40.6 Å². The Kier molecular flexibility index (Phi) is 6.36. The van der Waals surface area contributed by atoms with Crippen LogP contribution in [-0.2, 0) is 0 Å². The van der Waals surface area contributed by atoms with Crippen molar-refractivity contribution < 1.29 is 4.92 Å². The highest BCUT2D eigenvalue weighted by Crippen LogP contribution is 2.32. The minimum absolute atomic E-state index is 0.0408. The Morgan fingerprint density at radius 2 is 2.10 bits per heavy atom. The molecule has 0 spiro atoms. The molecule has 1 aromatic carbocycles. The van der Waals surface area contributed by atoms with E-state index in [-0.39, 0.29) is 11.1 Å². The standard InChI is InChI=1S/C14H19IN4O2/c1-4-17-8-14(2,3)9-18-13-11(15)5-10(7-16)6-12(13)19(20)21/h5-6,17-18H,4,8-9H2,1-3H3. The summed E-state index contributed by atoms with van der Waals surface area (Å²) >= 11 is 2.01. The Morgan fingerprint density at radius 1 is 1.43 bits per heavy atom. The highest BCUT2D eigenvalue weighted by molar-refractivity contribution is 14.1. The van der Waals surface area contributed by atoms with E-state index in [4.69, 9.17) is 5.26 Å². The van der Waals surface area contributed by atoms with Gasteiger partial charge in [-0.25, -0.2) is 0 Å². The highest BCUT2D eigenvalue weighted by atomic mass is 127.